The molecule has 0 rings (SSSR count). The van der Waals surface area contributed by atoms with Gasteiger partial charge in [-0.05, 0) is 47.1 Å². The van der Waals surface area contributed by atoms with Gasteiger partial charge in [0, 0.05) is 6.42 Å². The summed E-state index contributed by atoms with van der Waals surface area (Å²) in [6.45, 7) is 7.79. The fraction of sp³-hybridized carbons (Fsp3) is 0.923. The summed E-state index contributed by atoms with van der Waals surface area (Å²) in [6, 6.07) is 0. The second-order valence-electron chi connectivity index (χ2n) is 5.69. The summed E-state index contributed by atoms with van der Waals surface area (Å²) >= 11 is 0. The number of amides is 1. The van der Waals surface area contributed by atoms with Crippen molar-refractivity contribution in [2.75, 3.05) is 6.54 Å². The molecule has 4 heteroatoms. The van der Waals surface area contributed by atoms with Gasteiger partial charge in [-0.2, -0.15) is 0 Å². The fourth-order valence-electron chi connectivity index (χ4n) is 1.35. The number of rotatable bonds is 8. The third-order valence-electron chi connectivity index (χ3n) is 3.34. The first kappa shape index (κ1) is 16.4. The molecule has 0 radical (unpaired) electrons. The molecule has 0 aliphatic carbocycles. The van der Waals surface area contributed by atoms with Crippen molar-refractivity contribution in [3.8, 4) is 0 Å². The van der Waals surface area contributed by atoms with Crippen molar-refractivity contribution in [1.29, 1.82) is 0 Å². The number of nitrogens with two attached hydrogens (primary N) is 1. The van der Waals surface area contributed by atoms with Crippen LogP contribution >= 0.6 is 0 Å². The van der Waals surface area contributed by atoms with Gasteiger partial charge in [-0.15, -0.1) is 0 Å². The molecular formula is C13H28N2O2. The van der Waals surface area contributed by atoms with Crippen LogP contribution in [0.4, 0.5) is 0 Å². The Morgan fingerprint density at radius 2 is 1.65 bits per heavy atom. The molecular weight excluding hydrogens is 216 g/mol. The fourth-order valence-corrected chi connectivity index (χ4v) is 1.35. The lowest BCUT2D eigenvalue weighted by molar-refractivity contribution is -0.126. The van der Waals surface area contributed by atoms with Gasteiger partial charge in [0.1, 0.15) is 0 Å². The van der Waals surface area contributed by atoms with E-state index in [9.17, 15) is 9.90 Å². The Hall–Kier alpha value is -0.610. The van der Waals surface area contributed by atoms with Gasteiger partial charge in [0.05, 0.1) is 11.1 Å². The number of unbranched alkanes of at least 4 members (excludes halogenated alkanes) is 3. The van der Waals surface area contributed by atoms with Gasteiger partial charge in [0.15, 0.2) is 0 Å². The van der Waals surface area contributed by atoms with Crippen molar-refractivity contribution >= 4 is 5.91 Å². The van der Waals surface area contributed by atoms with Crippen molar-refractivity contribution in [2.24, 2.45) is 5.73 Å². The summed E-state index contributed by atoms with van der Waals surface area (Å²) in [5, 5.41) is 12.8. The molecule has 17 heavy (non-hydrogen) atoms. The van der Waals surface area contributed by atoms with Gasteiger partial charge in [-0.1, -0.05) is 12.8 Å². The monoisotopic (exact) mass is 244 g/mol. The predicted octanol–water partition coefficient (Wildman–Crippen LogP) is 1.56. The van der Waals surface area contributed by atoms with Crippen LogP contribution in [0.25, 0.3) is 0 Å². The Labute approximate surface area is 105 Å². The topological polar surface area (TPSA) is 75.3 Å². The second-order valence-corrected chi connectivity index (χ2v) is 5.69. The first-order valence-electron chi connectivity index (χ1n) is 6.44. The molecule has 0 heterocycles. The lowest BCUT2D eigenvalue weighted by Gasteiger charge is -2.38. The summed E-state index contributed by atoms with van der Waals surface area (Å²) < 4.78 is 0. The Morgan fingerprint density at radius 3 is 2.12 bits per heavy atom. The maximum Gasteiger partial charge on any atom is 0.220 e. The van der Waals surface area contributed by atoms with E-state index in [0.29, 0.717) is 6.42 Å². The van der Waals surface area contributed by atoms with Crippen LogP contribution in [0.15, 0.2) is 0 Å². The average molecular weight is 244 g/mol. The minimum atomic E-state index is -0.928. The smallest absolute Gasteiger partial charge is 0.220 e. The van der Waals surface area contributed by atoms with E-state index >= 15 is 0 Å². The molecule has 0 aliphatic heterocycles. The third-order valence-corrected chi connectivity index (χ3v) is 3.34. The van der Waals surface area contributed by atoms with Crippen molar-refractivity contribution in [1.82, 2.24) is 5.32 Å². The first-order valence-corrected chi connectivity index (χ1v) is 6.44. The molecule has 4 nitrogen and oxygen atoms in total. The highest BCUT2D eigenvalue weighted by atomic mass is 16.3. The van der Waals surface area contributed by atoms with Gasteiger partial charge in [-0.3, -0.25) is 4.79 Å². The molecule has 0 aromatic rings. The minimum Gasteiger partial charge on any atom is -0.388 e. The molecule has 0 unspecified atom stereocenters. The summed E-state index contributed by atoms with van der Waals surface area (Å²) in [7, 11) is 0. The quantitative estimate of drug-likeness (QED) is 0.567. The summed E-state index contributed by atoms with van der Waals surface area (Å²) in [5.74, 6) is 0.00451. The number of aliphatic hydroxyl groups is 1. The molecule has 0 saturated carbocycles. The van der Waals surface area contributed by atoms with E-state index in [2.05, 4.69) is 5.32 Å². The van der Waals surface area contributed by atoms with Gasteiger partial charge in [-0.25, -0.2) is 0 Å². The van der Waals surface area contributed by atoms with Crippen molar-refractivity contribution in [3.05, 3.63) is 0 Å². The zero-order chi connectivity index (χ0) is 13.5. The number of nitrogens with one attached hydrogen (secondary N) is 1. The molecule has 4 N–H and O–H groups in total. The molecule has 1 amide bonds. The number of carbonyl (C=O) groups is 1. The third kappa shape index (κ3) is 6.64. The van der Waals surface area contributed by atoms with Crippen LogP contribution in [-0.2, 0) is 4.79 Å². The second kappa shape index (κ2) is 6.97. The maximum atomic E-state index is 11.7. The largest absolute Gasteiger partial charge is 0.388 e. The molecule has 0 fully saturated rings. The lowest BCUT2D eigenvalue weighted by atomic mass is 9.86. The minimum absolute atomic E-state index is 0.00451. The average Bonchev–Trinajstić information content (AvgIpc) is 2.14. The molecule has 0 aromatic carbocycles. The Kier molecular flexibility index (Phi) is 6.72. The van der Waals surface area contributed by atoms with Crippen LogP contribution < -0.4 is 11.1 Å². The van der Waals surface area contributed by atoms with Gasteiger partial charge >= 0.3 is 0 Å². The molecule has 0 bridgehead atoms. The van der Waals surface area contributed by atoms with Crippen LogP contribution in [0.1, 0.15) is 59.8 Å². The van der Waals surface area contributed by atoms with E-state index in [1.165, 1.54) is 0 Å². The highest BCUT2D eigenvalue weighted by Crippen LogP contribution is 2.20. The van der Waals surface area contributed by atoms with E-state index in [0.717, 1.165) is 32.2 Å². The number of hydrogen-bond acceptors (Lipinski definition) is 3. The summed E-state index contributed by atoms with van der Waals surface area (Å²) in [4.78, 5) is 11.7. The number of carbonyl (C=O) groups excluding carboxylic acids is 1. The normalized spacial score (nSPS) is 12.6. The van der Waals surface area contributed by atoms with Crippen LogP contribution in [0, 0.1) is 0 Å². The first-order chi connectivity index (χ1) is 7.70. The molecule has 0 atom stereocenters. The standard InChI is InChI=1S/C13H28N2O2/c1-12(2,13(3,4)17)15-11(16)9-7-5-6-8-10-14/h17H,5-10,14H2,1-4H3,(H,15,16). The van der Waals surface area contributed by atoms with Gasteiger partial charge in [0.2, 0.25) is 5.91 Å². The zero-order valence-corrected chi connectivity index (χ0v) is 11.7. The van der Waals surface area contributed by atoms with Crippen molar-refractivity contribution < 1.29 is 9.90 Å². The van der Waals surface area contributed by atoms with Crippen LogP contribution in [0.3, 0.4) is 0 Å². The highest BCUT2D eigenvalue weighted by molar-refractivity contribution is 5.76. The van der Waals surface area contributed by atoms with E-state index in [4.69, 9.17) is 5.73 Å². The van der Waals surface area contributed by atoms with Crippen molar-refractivity contribution in [2.45, 2.75) is 70.9 Å². The van der Waals surface area contributed by atoms with Crippen LogP contribution in [0.5, 0.6) is 0 Å². The Balaban J connectivity index is 3.87. The van der Waals surface area contributed by atoms with E-state index in [1.54, 1.807) is 13.8 Å². The SMILES string of the molecule is CC(C)(O)C(C)(C)NC(=O)CCCCCCN. The van der Waals surface area contributed by atoms with E-state index in [-0.39, 0.29) is 5.91 Å². The molecule has 0 aliphatic rings. The summed E-state index contributed by atoms with van der Waals surface area (Å²) in [6.07, 6.45) is 4.54. The van der Waals surface area contributed by atoms with Gasteiger partial charge < -0.3 is 16.2 Å². The number of hydrogen-bond donors (Lipinski definition) is 3. The van der Waals surface area contributed by atoms with Gasteiger partial charge in [0.25, 0.3) is 0 Å². The molecule has 0 aromatic heterocycles. The van der Waals surface area contributed by atoms with Crippen LogP contribution in [0.2, 0.25) is 0 Å². The highest BCUT2D eigenvalue weighted by Gasteiger charge is 2.35. The van der Waals surface area contributed by atoms with E-state index in [1.807, 2.05) is 13.8 Å². The zero-order valence-electron chi connectivity index (χ0n) is 11.7. The summed E-state index contributed by atoms with van der Waals surface area (Å²) in [5.41, 5.74) is 3.86. The molecule has 0 spiro atoms. The van der Waals surface area contributed by atoms with Crippen molar-refractivity contribution in [3.63, 3.8) is 0 Å². The Bertz CT molecular complexity index is 232. The Morgan fingerprint density at radius 1 is 1.12 bits per heavy atom. The maximum absolute atomic E-state index is 11.7. The molecule has 0 saturated heterocycles. The predicted molar refractivity (Wildman–Crippen MR) is 70.7 cm³/mol. The molecule has 102 valence electrons. The van der Waals surface area contributed by atoms with E-state index < -0.39 is 11.1 Å². The lowest BCUT2D eigenvalue weighted by Crippen LogP contribution is -2.57. The van der Waals surface area contributed by atoms with Crippen LogP contribution in [-0.4, -0.2) is 28.7 Å².